The van der Waals surface area contributed by atoms with Crippen LogP contribution in [0.25, 0.3) is 5.57 Å². The van der Waals surface area contributed by atoms with Crippen molar-refractivity contribution in [3.05, 3.63) is 77.4 Å². The third-order valence-electron chi connectivity index (χ3n) is 3.50. The Morgan fingerprint density at radius 2 is 1.95 bits per heavy atom. The molecule has 1 aliphatic carbocycles. The molecule has 0 bridgehead atoms. The summed E-state index contributed by atoms with van der Waals surface area (Å²) >= 11 is 4.67. The molecule has 0 saturated carbocycles. The highest BCUT2D eigenvalue weighted by Crippen LogP contribution is 2.34. The number of aryl methyl sites for hydroxylation is 1. The first kappa shape index (κ1) is 15.6. The molecule has 0 heterocycles. The highest BCUT2D eigenvalue weighted by Gasteiger charge is 2.24. The van der Waals surface area contributed by atoms with Crippen LogP contribution >= 0.6 is 12.6 Å². The fraction of sp³-hybridized carbons (Fsp3) is 0.211. The van der Waals surface area contributed by atoms with Crippen molar-refractivity contribution in [2.45, 2.75) is 25.5 Å². The number of hydrogen-bond acceptors (Lipinski definition) is 2. The van der Waals surface area contributed by atoms with E-state index in [0.29, 0.717) is 5.71 Å². The second-order valence-electron chi connectivity index (χ2n) is 5.82. The number of rotatable bonds is 3. The summed E-state index contributed by atoms with van der Waals surface area (Å²) in [6.45, 7) is 9.94. The van der Waals surface area contributed by atoms with E-state index >= 15 is 0 Å². The minimum absolute atomic E-state index is 0.254. The number of nitrogens with one attached hydrogen (secondary N) is 1. The normalized spacial score (nSPS) is 17.5. The first-order chi connectivity index (χ1) is 9.82. The van der Waals surface area contributed by atoms with Crippen molar-refractivity contribution in [2.24, 2.45) is 0 Å². The van der Waals surface area contributed by atoms with Gasteiger partial charge in [0.2, 0.25) is 0 Å². The maximum atomic E-state index is 8.46. The van der Waals surface area contributed by atoms with Crippen LogP contribution in [0.3, 0.4) is 0 Å². The molecule has 2 heteroatoms. The summed E-state index contributed by atoms with van der Waals surface area (Å²) in [7, 11) is 0. The topological polar surface area (TPSA) is 23.9 Å². The van der Waals surface area contributed by atoms with Gasteiger partial charge < -0.3 is 0 Å². The summed E-state index contributed by atoms with van der Waals surface area (Å²) < 4.78 is -0.254. The Labute approximate surface area is 132 Å². The molecule has 0 atom stereocenters. The standard InChI is InChI=1S/C19H21NS/c1-5-7-15-11-16(19(3,4)21)12-17(18(15)20)14-9-6-8-13(2)10-14/h5-12,20-21H,1H2,2-4H3/b15-7-,20-18?. The lowest BCUT2D eigenvalue weighted by molar-refractivity contribution is 0.865. The maximum Gasteiger partial charge on any atom is 0.0690 e. The number of allylic oxidation sites excluding steroid dienone is 6. The lowest BCUT2D eigenvalue weighted by Crippen LogP contribution is -2.19. The summed E-state index contributed by atoms with van der Waals surface area (Å²) in [4.78, 5) is 0. The Kier molecular flexibility index (Phi) is 4.38. The molecule has 2 rings (SSSR count). The zero-order valence-corrected chi connectivity index (χ0v) is 13.7. The molecule has 0 radical (unpaired) electrons. The average molecular weight is 295 g/mol. The van der Waals surface area contributed by atoms with Crippen molar-refractivity contribution in [1.29, 1.82) is 5.41 Å². The number of thiol groups is 1. The summed E-state index contributed by atoms with van der Waals surface area (Å²) in [6.07, 6.45) is 7.70. The van der Waals surface area contributed by atoms with Gasteiger partial charge in [0.1, 0.15) is 0 Å². The van der Waals surface area contributed by atoms with Gasteiger partial charge in [0.15, 0.2) is 0 Å². The number of hydrogen-bond donors (Lipinski definition) is 2. The van der Waals surface area contributed by atoms with E-state index in [1.165, 1.54) is 5.56 Å². The Morgan fingerprint density at radius 3 is 2.52 bits per heavy atom. The quantitative estimate of drug-likeness (QED) is 0.720. The van der Waals surface area contributed by atoms with Crippen LogP contribution in [0.15, 0.2) is 66.3 Å². The molecule has 0 spiro atoms. The van der Waals surface area contributed by atoms with E-state index in [4.69, 9.17) is 5.41 Å². The lowest BCUT2D eigenvalue weighted by atomic mass is 9.84. The second kappa shape index (κ2) is 5.90. The van der Waals surface area contributed by atoms with Gasteiger partial charge in [0.25, 0.3) is 0 Å². The van der Waals surface area contributed by atoms with Crippen molar-refractivity contribution in [2.75, 3.05) is 0 Å². The van der Waals surface area contributed by atoms with Crippen LogP contribution in [-0.4, -0.2) is 10.5 Å². The van der Waals surface area contributed by atoms with E-state index < -0.39 is 0 Å². The Hall–Kier alpha value is -1.80. The molecule has 1 nitrogen and oxygen atoms in total. The van der Waals surface area contributed by atoms with Crippen LogP contribution in [0.4, 0.5) is 0 Å². The van der Waals surface area contributed by atoms with E-state index in [1.807, 2.05) is 24.3 Å². The van der Waals surface area contributed by atoms with E-state index in [-0.39, 0.29) is 4.75 Å². The summed E-state index contributed by atoms with van der Waals surface area (Å²) in [5, 5.41) is 8.46. The van der Waals surface area contributed by atoms with Crippen molar-refractivity contribution in [1.82, 2.24) is 0 Å². The van der Waals surface area contributed by atoms with E-state index in [0.717, 1.165) is 22.3 Å². The van der Waals surface area contributed by atoms with Gasteiger partial charge in [-0.15, -0.1) is 0 Å². The minimum Gasteiger partial charge on any atom is -0.300 e. The van der Waals surface area contributed by atoms with Gasteiger partial charge in [-0.25, -0.2) is 0 Å². The van der Waals surface area contributed by atoms with E-state index in [2.05, 4.69) is 58.2 Å². The molecule has 21 heavy (non-hydrogen) atoms. The monoisotopic (exact) mass is 295 g/mol. The zero-order chi connectivity index (χ0) is 15.6. The average Bonchev–Trinajstić information content (AvgIpc) is 2.40. The molecule has 0 saturated heterocycles. The van der Waals surface area contributed by atoms with Gasteiger partial charge in [-0.3, -0.25) is 5.41 Å². The van der Waals surface area contributed by atoms with Crippen LogP contribution < -0.4 is 0 Å². The second-order valence-corrected chi connectivity index (χ2v) is 6.94. The first-order valence-electron chi connectivity index (χ1n) is 6.98. The molecule has 1 aromatic rings. The van der Waals surface area contributed by atoms with Crippen molar-refractivity contribution in [3.8, 4) is 0 Å². The van der Waals surface area contributed by atoms with Crippen LogP contribution in [0.1, 0.15) is 25.0 Å². The maximum absolute atomic E-state index is 8.46. The molecule has 0 unspecified atom stereocenters. The van der Waals surface area contributed by atoms with Crippen LogP contribution in [0, 0.1) is 12.3 Å². The third-order valence-corrected chi connectivity index (χ3v) is 3.76. The molecule has 1 aromatic carbocycles. The van der Waals surface area contributed by atoms with Crippen molar-refractivity contribution >= 4 is 23.9 Å². The van der Waals surface area contributed by atoms with E-state index in [9.17, 15) is 0 Å². The molecule has 0 aliphatic heterocycles. The van der Waals surface area contributed by atoms with Crippen LogP contribution in [-0.2, 0) is 0 Å². The predicted molar refractivity (Wildman–Crippen MR) is 96.3 cm³/mol. The Morgan fingerprint density at radius 1 is 1.24 bits per heavy atom. The molecular weight excluding hydrogens is 274 g/mol. The van der Waals surface area contributed by atoms with Gasteiger partial charge >= 0.3 is 0 Å². The van der Waals surface area contributed by atoms with Crippen LogP contribution in [0.2, 0.25) is 0 Å². The fourth-order valence-electron chi connectivity index (χ4n) is 2.32. The zero-order valence-electron chi connectivity index (χ0n) is 12.8. The Bertz CT molecular complexity index is 682. The molecule has 1 aliphatic rings. The predicted octanol–water partition coefficient (Wildman–Crippen LogP) is 5.16. The summed E-state index contributed by atoms with van der Waals surface area (Å²) in [5.74, 6) is 0. The summed E-state index contributed by atoms with van der Waals surface area (Å²) in [5.41, 5.74) is 5.70. The largest absolute Gasteiger partial charge is 0.300 e. The molecule has 0 fully saturated rings. The minimum atomic E-state index is -0.254. The Balaban J connectivity index is 2.61. The van der Waals surface area contributed by atoms with Gasteiger partial charge in [-0.2, -0.15) is 12.6 Å². The third kappa shape index (κ3) is 3.45. The number of benzene rings is 1. The highest BCUT2D eigenvalue weighted by atomic mass is 32.1. The molecule has 0 aromatic heterocycles. The van der Waals surface area contributed by atoms with Crippen molar-refractivity contribution in [3.63, 3.8) is 0 Å². The highest BCUT2D eigenvalue weighted by molar-refractivity contribution is 7.82. The molecule has 1 N–H and O–H groups in total. The van der Waals surface area contributed by atoms with Crippen molar-refractivity contribution < 1.29 is 0 Å². The van der Waals surface area contributed by atoms with Gasteiger partial charge in [0.05, 0.1) is 5.71 Å². The summed E-state index contributed by atoms with van der Waals surface area (Å²) in [6, 6.07) is 8.25. The van der Waals surface area contributed by atoms with Gasteiger partial charge in [-0.05, 0) is 44.1 Å². The van der Waals surface area contributed by atoms with Crippen LogP contribution in [0.5, 0.6) is 0 Å². The van der Waals surface area contributed by atoms with Gasteiger partial charge in [0, 0.05) is 15.9 Å². The first-order valence-corrected chi connectivity index (χ1v) is 7.43. The molecule has 0 amide bonds. The molecule has 108 valence electrons. The smallest absolute Gasteiger partial charge is 0.0690 e. The molecular formula is C19H21NS. The fourth-order valence-corrected chi connectivity index (χ4v) is 2.45. The SMILES string of the molecule is C=C/C=C1/C=C(C(C)(C)S)C=C(c2cccc(C)c2)C1=N. The van der Waals surface area contributed by atoms with E-state index in [1.54, 1.807) is 6.08 Å². The lowest BCUT2D eigenvalue weighted by Gasteiger charge is -2.26. The van der Waals surface area contributed by atoms with Gasteiger partial charge in [-0.1, -0.05) is 48.6 Å².